The molecule has 0 radical (unpaired) electrons. The summed E-state index contributed by atoms with van der Waals surface area (Å²) in [6.07, 6.45) is 5.68. The molecule has 1 aromatic rings. The van der Waals surface area contributed by atoms with Gasteiger partial charge in [0.1, 0.15) is 0 Å². The SMILES string of the molecule is CCCCCCC(C)OC(=O)CC(N)CC(=O)c1ccccc1. The molecule has 4 nitrogen and oxygen atoms in total. The van der Waals surface area contributed by atoms with E-state index in [-0.39, 0.29) is 30.7 Å². The molecule has 0 aromatic heterocycles. The molecule has 2 unspecified atom stereocenters. The number of hydrogen-bond acceptors (Lipinski definition) is 4. The third-order valence-corrected chi connectivity index (χ3v) is 3.77. The lowest BCUT2D eigenvalue weighted by molar-refractivity contribution is -0.148. The summed E-state index contributed by atoms with van der Waals surface area (Å²) in [6.45, 7) is 4.08. The molecule has 1 aromatic carbocycles. The monoisotopic (exact) mass is 319 g/mol. The molecule has 1 rings (SSSR count). The summed E-state index contributed by atoms with van der Waals surface area (Å²) < 4.78 is 5.36. The van der Waals surface area contributed by atoms with Crippen LogP contribution in [0.25, 0.3) is 0 Å². The molecule has 0 spiro atoms. The van der Waals surface area contributed by atoms with Crippen molar-refractivity contribution in [2.45, 2.75) is 70.9 Å². The zero-order valence-electron chi connectivity index (χ0n) is 14.3. The second-order valence-electron chi connectivity index (χ2n) is 6.11. The van der Waals surface area contributed by atoms with Crippen LogP contribution in [0.5, 0.6) is 0 Å². The topological polar surface area (TPSA) is 69.4 Å². The van der Waals surface area contributed by atoms with Crippen molar-refractivity contribution in [2.24, 2.45) is 5.73 Å². The number of ketones is 1. The normalized spacial score (nSPS) is 13.3. The minimum Gasteiger partial charge on any atom is -0.463 e. The lowest BCUT2D eigenvalue weighted by Crippen LogP contribution is -2.29. The van der Waals surface area contributed by atoms with Crippen molar-refractivity contribution in [1.29, 1.82) is 0 Å². The van der Waals surface area contributed by atoms with Gasteiger partial charge in [0.25, 0.3) is 0 Å². The van der Waals surface area contributed by atoms with E-state index in [4.69, 9.17) is 10.5 Å². The standard InChI is InChI=1S/C19H29NO3/c1-3-4-5-7-10-15(2)23-19(22)14-17(20)13-18(21)16-11-8-6-9-12-16/h6,8-9,11-12,15,17H,3-5,7,10,13-14,20H2,1-2H3. The third-order valence-electron chi connectivity index (χ3n) is 3.77. The average molecular weight is 319 g/mol. The molecule has 0 fully saturated rings. The van der Waals surface area contributed by atoms with Crippen molar-refractivity contribution in [3.8, 4) is 0 Å². The van der Waals surface area contributed by atoms with Gasteiger partial charge in [-0.05, 0) is 19.8 Å². The minimum absolute atomic E-state index is 0.0430. The molecule has 0 amide bonds. The van der Waals surface area contributed by atoms with Gasteiger partial charge in [-0.15, -0.1) is 0 Å². The van der Waals surface area contributed by atoms with Gasteiger partial charge < -0.3 is 10.5 Å². The van der Waals surface area contributed by atoms with Crippen LogP contribution >= 0.6 is 0 Å². The Labute approximate surface area is 139 Å². The fourth-order valence-corrected chi connectivity index (χ4v) is 2.46. The quantitative estimate of drug-likeness (QED) is 0.382. The average Bonchev–Trinajstić information content (AvgIpc) is 2.52. The fourth-order valence-electron chi connectivity index (χ4n) is 2.46. The van der Waals surface area contributed by atoms with Crippen LogP contribution in [0.4, 0.5) is 0 Å². The van der Waals surface area contributed by atoms with Gasteiger partial charge in [0.05, 0.1) is 12.5 Å². The summed E-state index contributed by atoms with van der Waals surface area (Å²) >= 11 is 0. The highest BCUT2D eigenvalue weighted by atomic mass is 16.5. The summed E-state index contributed by atoms with van der Waals surface area (Å²) in [6, 6.07) is 8.50. The number of nitrogens with two attached hydrogens (primary N) is 1. The van der Waals surface area contributed by atoms with Crippen molar-refractivity contribution in [1.82, 2.24) is 0 Å². The molecular formula is C19H29NO3. The summed E-state index contributed by atoms with van der Waals surface area (Å²) in [5.74, 6) is -0.361. The zero-order valence-corrected chi connectivity index (χ0v) is 14.3. The van der Waals surface area contributed by atoms with Gasteiger partial charge in [-0.25, -0.2) is 0 Å². The molecule has 0 saturated heterocycles. The van der Waals surface area contributed by atoms with Gasteiger partial charge >= 0.3 is 5.97 Å². The van der Waals surface area contributed by atoms with E-state index in [0.29, 0.717) is 5.56 Å². The largest absolute Gasteiger partial charge is 0.463 e. The first kappa shape index (κ1) is 19.4. The predicted molar refractivity (Wildman–Crippen MR) is 92.3 cm³/mol. The Balaban J connectivity index is 2.26. The van der Waals surface area contributed by atoms with E-state index in [9.17, 15) is 9.59 Å². The van der Waals surface area contributed by atoms with Gasteiger partial charge in [-0.1, -0.05) is 56.5 Å². The highest BCUT2D eigenvalue weighted by Crippen LogP contribution is 2.11. The maximum atomic E-state index is 12.0. The van der Waals surface area contributed by atoms with Crippen LogP contribution in [-0.4, -0.2) is 23.9 Å². The molecule has 0 bridgehead atoms. The molecule has 2 N–H and O–H groups in total. The van der Waals surface area contributed by atoms with Crippen LogP contribution < -0.4 is 5.73 Å². The number of esters is 1. The van der Waals surface area contributed by atoms with E-state index >= 15 is 0 Å². The van der Waals surface area contributed by atoms with Gasteiger partial charge in [-0.3, -0.25) is 9.59 Å². The van der Waals surface area contributed by atoms with E-state index < -0.39 is 6.04 Å². The van der Waals surface area contributed by atoms with E-state index in [1.807, 2.05) is 25.1 Å². The van der Waals surface area contributed by atoms with Gasteiger partial charge in [0.2, 0.25) is 0 Å². The van der Waals surface area contributed by atoms with Gasteiger partial charge in [-0.2, -0.15) is 0 Å². The Morgan fingerprint density at radius 1 is 1.09 bits per heavy atom. The van der Waals surface area contributed by atoms with Crippen molar-refractivity contribution in [3.63, 3.8) is 0 Å². The molecule has 23 heavy (non-hydrogen) atoms. The Hall–Kier alpha value is -1.68. The van der Waals surface area contributed by atoms with Crippen molar-refractivity contribution >= 4 is 11.8 Å². The Morgan fingerprint density at radius 2 is 1.78 bits per heavy atom. The number of rotatable bonds is 11. The Morgan fingerprint density at radius 3 is 2.43 bits per heavy atom. The predicted octanol–water partition coefficient (Wildman–Crippen LogP) is 3.88. The maximum Gasteiger partial charge on any atom is 0.307 e. The van der Waals surface area contributed by atoms with Crippen LogP contribution in [-0.2, 0) is 9.53 Å². The lowest BCUT2D eigenvalue weighted by atomic mass is 10.0. The molecule has 2 atom stereocenters. The molecule has 4 heteroatoms. The molecule has 0 aliphatic heterocycles. The third kappa shape index (κ3) is 8.50. The van der Waals surface area contributed by atoms with Gasteiger partial charge in [0.15, 0.2) is 5.78 Å². The van der Waals surface area contributed by atoms with E-state index in [0.717, 1.165) is 12.8 Å². The number of ether oxygens (including phenoxy) is 1. The maximum absolute atomic E-state index is 12.0. The van der Waals surface area contributed by atoms with Crippen molar-refractivity contribution in [3.05, 3.63) is 35.9 Å². The number of carbonyl (C=O) groups excluding carboxylic acids is 2. The smallest absolute Gasteiger partial charge is 0.307 e. The first-order chi connectivity index (χ1) is 11.0. The summed E-state index contributed by atoms with van der Waals surface area (Å²) in [5.41, 5.74) is 6.53. The van der Waals surface area contributed by atoms with Crippen LogP contribution in [0.3, 0.4) is 0 Å². The highest BCUT2D eigenvalue weighted by molar-refractivity contribution is 5.96. The van der Waals surface area contributed by atoms with Crippen molar-refractivity contribution in [2.75, 3.05) is 0 Å². The number of Topliss-reactive ketones (excluding diaryl/α,β-unsaturated/α-hetero) is 1. The number of benzene rings is 1. The highest BCUT2D eigenvalue weighted by Gasteiger charge is 2.17. The van der Waals surface area contributed by atoms with E-state index in [1.165, 1.54) is 19.3 Å². The van der Waals surface area contributed by atoms with Crippen LogP contribution in [0, 0.1) is 0 Å². The van der Waals surface area contributed by atoms with Crippen LogP contribution in [0.15, 0.2) is 30.3 Å². The Bertz CT molecular complexity index is 473. The van der Waals surface area contributed by atoms with Gasteiger partial charge in [0, 0.05) is 18.0 Å². The number of hydrogen-bond donors (Lipinski definition) is 1. The molecular weight excluding hydrogens is 290 g/mol. The zero-order chi connectivity index (χ0) is 17.1. The first-order valence-electron chi connectivity index (χ1n) is 8.56. The second kappa shape index (κ2) is 10.9. The van der Waals surface area contributed by atoms with E-state index in [2.05, 4.69) is 6.92 Å². The molecule has 0 heterocycles. The fraction of sp³-hybridized carbons (Fsp3) is 0.579. The summed E-state index contributed by atoms with van der Waals surface area (Å²) in [7, 11) is 0. The number of unbranched alkanes of at least 4 members (excludes halogenated alkanes) is 3. The molecule has 0 aliphatic rings. The first-order valence-corrected chi connectivity index (χ1v) is 8.56. The number of carbonyl (C=O) groups is 2. The molecule has 0 saturated carbocycles. The van der Waals surface area contributed by atoms with Crippen molar-refractivity contribution < 1.29 is 14.3 Å². The summed E-state index contributed by atoms with van der Waals surface area (Å²) in [5, 5.41) is 0. The Kier molecular flexibility index (Phi) is 9.22. The minimum atomic E-state index is -0.498. The lowest BCUT2D eigenvalue weighted by Gasteiger charge is -2.15. The van der Waals surface area contributed by atoms with Crippen LogP contribution in [0.1, 0.15) is 69.2 Å². The van der Waals surface area contributed by atoms with Crippen LogP contribution in [0.2, 0.25) is 0 Å². The molecule has 128 valence electrons. The second-order valence-corrected chi connectivity index (χ2v) is 6.11. The molecule has 0 aliphatic carbocycles. The summed E-state index contributed by atoms with van der Waals surface area (Å²) in [4.78, 5) is 23.9. The van der Waals surface area contributed by atoms with E-state index in [1.54, 1.807) is 12.1 Å².